The highest BCUT2D eigenvalue weighted by Crippen LogP contribution is 2.31. The van der Waals surface area contributed by atoms with E-state index in [2.05, 4.69) is 15.6 Å². The monoisotopic (exact) mass is 325 g/mol. The Morgan fingerprint density at radius 3 is 2.61 bits per heavy atom. The Kier molecular flexibility index (Phi) is 5.05. The Bertz CT molecular complexity index is 672. The van der Waals surface area contributed by atoms with Crippen LogP contribution < -0.4 is 10.6 Å². The number of pyridine rings is 1. The number of hydrogen-bond acceptors (Lipinski definition) is 4. The summed E-state index contributed by atoms with van der Waals surface area (Å²) in [6, 6.07) is 7.91. The molecule has 2 aromatic rings. The predicted octanol–water partition coefficient (Wildman–Crippen LogP) is 4.41. The lowest BCUT2D eigenvalue weighted by atomic mass is 10.2. The minimum atomic E-state index is -4.40. The summed E-state index contributed by atoms with van der Waals surface area (Å²) in [6.45, 7) is 1.91. The topological polar surface area (TPSA) is 63.2 Å². The molecule has 2 N–H and O–H groups in total. The highest BCUT2D eigenvalue weighted by molar-refractivity contribution is 5.83. The molecule has 0 radical (unpaired) electrons. The lowest BCUT2D eigenvalue weighted by molar-refractivity contribution is -0.137. The van der Waals surface area contributed by atoms with Gasteiger partial charge in [-0.25, -0.2) is 9.78 Å². The number of carbonyl (C=O) groups is 1. The molecule has 1 heterocycles. The number of ether oxygens (including phenoxy) is 1. The van der Waals surface area contributed by atoms with Crippen LogP contribution in [0.2, 0.25) is 0 Å². The Morgan fingerprint density at radius 2 is 2.00 bits per heavy atom. The fourth-order valence-electron chi connectivity index (χ4n) is 1.75. The van der Waals surface area contributed by atoms with E-state index in [0.29, 0.717) is 5.69 Å². The molecule has 0 saturated heterocycles. The normalized spacial score (nSPS) is 11.0. The molecule has 0 aliphatic rings. The Hall–Kier alpha value is -2.77. The number of benzene rings is 1. The number of carbonyl (C=O) groups excluding carboxylic acids is 1. The molecular weight excluding hydrogens is 311 g/mol. The van der Waals surface area contributed by atoms with Crippen LogP contribution in [0.15, 0.2) is 42.6 Å². The zero-order chi connectivity index (χ0) is 16.9. The van der Waals surface area contributed by atoms with Gasteiger partial charge in [0.25, 0.3) is 0 Å². The fourth-order valence-corrected chi connectivity index (χ4v) is 1.75. The second-order valence-electron chi connectivity index (χ2n) is 4.48. The summed E-state index contributed by atoms with van der Waals surface area (Å²) in [4.78, 5) is 15.2. The van der Waals surface area contributed by atoms with Crippen molar-refractivity contribution in [1.29, 1.82) is 0 Å². The van der Waals surface area contributed by atoms with Gasteiger partial charge in [-0.15, -0.1) is 0 Å². The van der Waals surface area contributed by atoms with Crippen LogP contribution in [0.3, 0.4) is 0 Å². The van der Waals surface area contributed by atoms with E-state index in [4.69, 9.17) is 4.74 Å². The maximum absolute atomic E-state index is 12.7. The summed E-state index contributed by atoms with van der Waals surface area (Å²) >= 11 is 0. The number of nitrogens with zero attached hydrogens (tertiary/aromatic N) is 1. The molecule has 0 saturated carbocycles. The largest absolute Gasteiger partial charge is 0.450 e. The lowest BCUT2D eigenvalue weighted by Gasteiger charge is -2.11. The first-order chi connectivity index (χ1) is 10.9. The van der Waals surface area contributed by atoms with Gasteiger partial charge in [-0.1, -0.05) is 6.07 Å². The van der Waals surface area contributed by atoms with E-state index in [9.17, 15) is 18.0 Å². The smallest absolute Gasteiger partial charge is 0.416 e. The van der Waals surface area contributed by atoms with Crippen LogP contribution in [-0.2, 0) is 10.9 Å². The lowest BCUT2D eigenvalue weighted by Crippen LogP contribution is -2.14. The molecule has 0 spiro atoms. The van der Waals surface area contributed by atoms with E-state index in [1.807, 2.05) is 0 Å². The van der Waals surface area contributed by atoms with Crippen LogP contribution in [-0.4, -0.2) is 17.7 Å². The molecule has 0 unspecified atom stereocenters. The van der Waals surface area contributed by atoms with Gasteiger partial charge < -0.3 is 10.1 Å². The van der Waals surface area contributed by atoms with Crippen LogP contribution in [0, 0.1) is 0 Å². The number of alkyl halides is 3. The molecule has 0 fully saturated rings. The van der Waals surface area contributed by atoms with Gasteiger partial charge in [-0.2, -0.15) is 13.2 Å². The second kappa shape index (κ2) is 6.99. The van der Waals surface area contributed by atoms with Crippen molar-refractivity contribution in [2.75, 3.05) is 17.2 Å². The van der Waals surface area contributed by atoms with Gasteiger partial charge in [-0.3, -0.25) is 5.32 Å². The first-order valence-electron chi connectivity index (χ1n) is 6.72. The van der Waals surface area contributed by atoms with Gasteiger partial charge in [0.1, 0.15) is 5.82 Å². The zero-order valence-electron chi connectivity index (χ0n) is 12.1. The van der Waals surface area contributed by atoms with Gasteiger partial charge in [-0.05, 0) is 37.3 Å². The van der Waals surface area contributed by atoms with E-state index in [1.165, 1.54) is 24.4 Å². The van der Waals surface area contributed by atoms with Crippen molar-refractivity contribution in [3.8, 4) is 0 Å². The SMILES string of the molecule is CCOC(=O)Nc1ccc(Nc2cccc(C(F)(F)F)c2)cn1. The average Bonchev–Trinajstić information content (AvgIpc) is 2.49. The van der Waals surface area contributed by atoms with Crippen molar-refractivity contribution in [1.82, 2.24) is 4.98 Å². The second-order valence-corrected chi connectivity index (χ2v) is 4.48. The van der Waals surface area contributed by atoms with Crippen molar-refractivity contribution in [3.05, 3.63) is 48.2 Å². The molecule has 8 heteroatoms. The molecule has 1 amide bonds. The predicted molar refractivity (Wildman–Crippen MR) is 79.6 cm³/mol. The van der Waals surface area contributed by atoms with Crippen LogP contribution in [0.4, 0.5) is 35.2 Å². The molecule has 5 nitrogen and oxygen atoms in total. The van der Waals surface area contributed by atoms with Crippen molar-refractivity contribution in [2.45, 2.75) is 13.1 Å². The zero-order valence-corrected chi connectivity index (χ0v) is 12.1. The highest BCUT2D eigenvalue weighted by Gasteiger charge is 2.30. The molecule has 0 atom stereocenters. The van der Waals surface area contributed by atoms with Gasteiger partial charge in [0, 0.05) is 5.69 Å². The molecule has 2 rings (SSSR count). The van der Waals surface area contributed by atoms with Crippen LogP contribution in [0.1, 0.15) is 12.5 Å². The molecule has 122 valence electrons. The van der Waals surface area contributed by atoms with E-state index < -0.39 is 17.8 Å². The number of amides is 1. The van der Waals surface area contributed by atoms with Crippen molar-refractivity contribution < 1.29 is 22.7 Å². The van der Waals surface area contributed by atoms with E-state index in [1.54, 1.807) is 13.0 Å². The van der Waals surface area contributed by atoms with Gasteiger partial charge in [0.2, 0.25) is 0 Å². The summed E-state index contributed by atoms with van der Waals surface area (Å²) in [7, 11) is 0. The average molecular weight is 325 g/mol. The number of halogens is 3. The van der Waals surface area contributed by atoms with E-state index in [0.717, 1.165) is 12.1 Å². The molecule has 0 aliphatic carbocycles. The maximum Gasteiger partial charge on any atom is 0.416 e. The Labute approximate surface area is 130 Å². The fraction of sp³-hybridized carbons (Fsp3) is 0.200. The van der Waals surface area contributed by atoms with Crippen LogP contribution in [0.5, 0.6) is 0 Å². The van der Waals surface area contributed by atoms with Gasteiger partial charge in [0.05, 0.1) is 24.1 Å². The quantitative estimate of drug-likeness (QED) is 0.874. The summed E-state index contributed by atoms with van der Waals surface area (Å²) in [6.07, 6.45) is -3.64. The summed E-state index contributed by atoms with van der Waals surface area (Å²) < 4.78 is 42.7. The molecule has 23 heavy (non-hydrogen) atoms. The van der Waals surface area contributed by atoms with Crippen LogP contribution in [0.25, 0.3) is 0 Å². The third kappa shape index (κ3) is 4.87. The number of rotatable bonds is 4. The Morgan fingerprint density at radius 1 is 1.22 bits per heavy atom. The Balaban J connectivity index is 2.05. The number of aromatic nitrogens is 1. The van der Waals surface area contributed by atoms with E-state index in [-0.39, 0.29) is 18.1 Å². The third-order valence-corrected chi connectivity index (χ3v) is 2.75. The highest BCUT2D eigenvalue weighted by atomic mass is 19.4. The van der Waals surface area contributed by atoms with Crippen molar-refractivity contribution >= 4 is 23.3 Å². The van der Waals surface area contributed by atoms with Crippen molar-refractivity contribution in [3.63, 3.8) is 0 Å². The van der Waals surface area contributed by atoms with Gasteiger partial charge in [0.15, 0.2) is 0 Å². The van der Waals surface area contributed by atoms with E-state index >= 15 is 0 Å². The van der Waals surface area contributed by atoms with Crippen LogP contribution >= 0.6 is 0 Å². The third-order valence-electron chi connectivity index (χ3n) is 2.75. The molecular formula is C15H14F3N3O2. The summed E-state index contributed by atoms with van der Waals surface area (Å²) in [5.74, 6) is 0.276. The van der Waals surface area contributed by atoms with Crippen molar-refractivity contribution in [2.24, 2.45) is 0 Å². The number of nitrogens with one attached hydrogen (secondary N) is 2. The summed E-state index contributed by atoms with van der Waals surface area (Å²) in [5, 5.41) is 5.23. The standard InChI is InChI=1S/C15H14F3N3O2/c1-2-23-14(22)21-13-7-6-12(9-19-13)20-11-5-3-4-10(8-11)15(16,17)18/h3-9,20H,2H2,1H3,(H,19,21,22). The molecule has 0 bridgehead atoms. The summed E-state index contributed by atoms with van der Waals surface area (Å²) in [5.41, 5.74) is 0.0301. The van der Waals surface area contributed by atoms with Gasteiger partial charge >= 0.3 is 12.3 Å². The molecule has 1 aromatic carbocycles. The molecule has 1 aromatic heterocycles. The minimum Gasteiger partial charge on any atom is -0.450 e. The molecule has 0 aliphatic heterocycles. The maximum atomic E-state index is 12.7. The first-order valence-corrected chi connectivity index (χ1v) is 6.72. The first kappa shape index (κ1) is 16.6. The number of anilines is 3. The number of hydrogen-bond donors (Lipinski definition) is 2. The minimum absolute atomic E-state index is 0.237.